The third-order valence-electron chi connectivity index (χ3n) is 3.68. The van der Waals surface area contributed by atoms with Gasteiger partial charge in [-0.15, -0.1) is 0 Å². The van der Waals surface area contributed by atoms with Crippen LogP contribution in [0.4, 0.5) is 4.79 Å². The number of nitrogens with zero attached hydrogens (tertiary/aromatic N) is 3. The lowest BCUT2D eigenvalue weighted by Crippen LogP contribution is -2.42. The number of rotatable bonds is 2. The van der Waals surface area contributed by atoms with Crippen LogP contribution in [0.2, 0.25) is 0 Å². The van der Waals surface area contributed by atoms with Gasteiger partial charge in [-0.25, -0.2) is 9.78 Å². The zero-order valence-corrected chi connectivity index (χ0v) is 11.5. The van der Waals surface area contributed by atoms with Crippen molar-refractivity contribution in [1.82, 2.24) is 19.8 Å². The molecular weight excluding hydrogens is 252 g/mol. The van der Waals surface area contributed by atoms with Crippen molar-refractivity contribution in [2.45, 2.75) is 19.5 Å². The summed E-state index contributed by atoms with van der Waals surface area (Å²) in [6, 6.07) is 9.93. The van der Waals surface area contributed by atoms with E-state index in [9.17, 15) is 4.79 Å². The van der Waals surface area contributed by atoms with Crippen LogP contribution in [-0.4, -0.2) is 27.0 Å². The Morgan fingerprint density at radius 3 is 2.95 bits per heavy atom. The maximum atomic E-state index is 12.2. The minimum absolute atomic E-state index is 0.0132. The van der Waals surface area contributed by atoms with Gasteiger partial charge in [-0.1, -0.05) is 30.3 Å². The Labute approximate surface area is 118 Å². The highest BCUT2D eigenvalue weighted by atomic mass is 16.2. The highest BCUT2D eigenvalue weighted by Gasteiger charge is 2.23. The van der Waals surface area contributed by atoms with Gasteiger partial charge in [-0.3, -0.25) is 0 Å². The van der Waals surface area contributed by atoms with E-state index < -0.39 is 0 Å². The zero-order valence-electron chi connectivity index (χ0n) is 11.5. The van der Waals surface area contributed by atoms with E-state index in [0.29, 0.717) is 13.1 Å². The maximum Gasteiger partial charge on any atom is 0.318 e. The van der Waals surface area contributed by atoms with Crippen molar-refractivity contribution >= 4 is 6.03 Å². The first-order valence-electron chi connectivity index (χ1n) is 6.80. The Kier molecular flexibility index (Phi) is 3.41. The maximum absolute atomic E-state index is 12.2. The number of imidazole rings is 1. The molecule has 104 valence electrons. The van der Waals surface area contributed by atoms with Gasteiger partial charge in [-0.2, -0.15) is 0 Å². The Morgan fingerprint density at radius 1 is 1.35 bits per heavy atom. The monoisotopic (exact) mass is 270 g/mol. The fourth-order valence-electron chi connectivity index (χ4n) is 2.48. The van der Waals surface area contributed by atoms with Gasteiger partial charge >= 0.3 is 6.03 Å². The number of hydrogen-bond donors (Lipinski definition) is 1. The molecule has 0 radical (unpaired) electrons. The molecule has 5 nitrogen and oxygen atoms in total. The second kappa shape index (κ2) is 5.36. The normalized spacial score (nSPS) is 13.9. The van der Waals surface area contributed by atoms with Crippen LogP contribution in [-0.2, 0) is 26.6 Å². The van der Waals surface area contributed by atoms with Crippen LogP contribution < -0.4 is 5.32 Å². The molecule has 0 aliphatic carbocycles. The first kappa shape index (κ1) is 12.7. The number of urea groups is 1. The van der Waals surface area contributed by atoms with E-state index in [1.54, 1.807) is 0 Å². The van der Waals surface area contributed by atoms with Crippen LogP contribution in [0.1, 0.15) is 17.0 Å². The topological polar surface area (TPSA) is 50.2 Å². The van der Waals surface area contributed by atoms with E-state index in [2.05, 4.69) is 10.3 Å². The van der Waals surface area contributed by atoms with Gasteiger partial charge in [0.2, 0.25) is 0 Å². The van der Waals surface area contributed by atoms with E-state index in [0.717, 1.165) is 29.9 Å². The van der Waals surface area contributed by atoms with Crippen molar-refractivity contribution in [3.8, 4) is 0 Å². The van der Waals surface area contributed by atoms with E-state index in [1.165, 1.54) is 0 Å². The molecule has 1 aliphatic heterocycles. The number of aryl methyl sites for hydroxylation is 1. The quantitative estimate of drug-likeness (QED) is 0.902. The van der Waals surface area contributed by atoms with Crippen LogP contribution >= 0.6 is 0 Å². The van der Waals surface area contributed by atoms with Crippen LogP contribution in [0.5, 0.6) is 0 Å². The molecule has 1 aromatic heterocycles. The van der Waals surface area contributed by atoms with Gasteiger partial charge in [0.25, 0.3) is 0 Å². The van der Waals surface area contributed by atoms with Crippen LogP contribution in [0.25, 0.3) is 0 Å². The van der Waals surface area contributed by atoms with Crippen molar-refractivity contribution < 1.29 is 4.79 Å². The summed E-state index contributed by atoms with van der Waals surface area (Å²) in [4.78, 5) is 18.4. The van der Waals surface area contributed by atoms with Crippen molar-refractivity contribution in [3.63, 3.8) is 0 Å². The summed E-state index contributed by atoms with van der Waals surface area (Å²) in [6.45, 7) is 1.92. The Balaban J connectivity index is 1.60. The number of benzene rings is 1. The molecule has 1 aromatic carbocycles. The molecule has 20 heavy (non-hydrogen) atoms. The van der Waals surface area contributed by atoms with Crippen molar-refractivity contribution in [3.05, 3.63) is 53.6 Å². The smallest absolute Gasteiger partial charge is 0.318 e. The van der Waals surface area contributed by atoms with Crippen molar-refractivity contribution in [2.24, 2.45) is 7.05 Å². The summed E-state index contributed by atoms with van der Waals surface area (Å²) in [5.41, 5.74) is 3.35. The average molecular weight is 270 g/mol. The van der Waals surface area contributed by atoms with E-state index in [4.69, 9.17) is 0 Å². The molecule has 0 spiro atoms. The van der Waals surface area contributed by atoms with Gasteiger partial charge in [0, 0.05) is 26.6 Å². The summed E-state index contributed by atoms with van der Waals surface area (Å²) in [5, 5.41) is 2.97. The van der Waals surface area contributed by atoms with Gasteiger partial charge in [0.1, 0.15) is 0 Å². The number of aromatic nitrogens is 2. The van der Waals surface area contributed by atoms with Crippen LogP contribution in [0, 0.1) is 0 Å². The molecule has 1 aliphatic rings. The number of nitrogens with one attached hydrogen (secondary N) is 1. The van der Waals surface area contributed by atoms with Gasteiger partial charge in [0.05, 0.1) is 24.3 Å². The standard InChI is InChI=1S/C15H18N4O/c1-18-11-17-13-7-8-19(10-14(13)18)15(20)16-9-12-5-3-2-4-6-12/h2-6,11H,7-10H2,1H3,(H,16,20). The number of hydrogen-bond acceptors (Lipinski definition) is 2. The number of carbonyl (C=O) groups is 1. The zero-order chi connectivity index (χ0) is 13.9. The fraction of sp³-hybridized carbons (Fsp3) is 0.333. The van der Waals surface area contributed by atoms with Crippen molar-refractivity contribution in [1.29, 1.82) is 0 Å². The molecule has 2 heterocycles. The van der Waals surface area contributed by atoms with Crippen molar-refractivity contribution in [2.75, 3.05) is 6.54 Å². The number of fused-ring (bicyclic) bond motifs is 1. The van der Waals surface area contributed by atoms with E-state index >= 15 is 0 Å². The molecule has 0 atom stereocenters. The first-order chi connectivity index (χ1) is 9.74. The number of amides is 2. The first-order valence-corrected chi connectivity index (χ1v) is 6.80. The van der Waals surface area contributed by atoms with Crippen LogP contribution in [0.15, 0.2) is 36.7 Å². The summed E-state index contributed by atoms with van der Waals surface area (Å²) in [6.07, 6.45) is 2.64. The van der Waals surface area contributed by atoms with E-state index in [-0.39, 0.29) is 6.03 Å². The summed E-state index contributed by atoms with van der Waals surface area (Å²) >= 11 is 0. The lowest BCUT2D eigenvalue weighted by molar-refractivity contribution is 0.190. The lowest BCUT2D eigenvalue weighted by Gasteiger charge is -2.27. The molecule has 2 amide bonds. The second-order valence-electron chi connectivity index (χ2n) is 5.06. The molecule has 0 unspecified atom stereocenters. The second-order valence-corrected chi connectivity index (χ2v) is 5.06. The third-order valence-corrected chi connectivity index (χ3v) is 3.68. The highest BCUT2D eigenvalue weighted by Crippen LogP contribution is 2.16. The molecule has 1 N–H and O–H groups in total. The summed E-state index contributed by atoms with van der Waals surface area (Å²) < 4.78 is 1.99. The van der Waals surface area contributed by atoms with Crippen LogP contribution in [0.3, 0.4) is 0 Å². The molecule has 0 fully saturated rings. The Hall–Kier alpha value is -2.30. The van der Waals surface area contributed by atoms with Gasteiger partial charge in [0.15, 0.2) is 0 Å². The highest BCUT2D eigenvalue weighted by molar-refractivity contribution is 5.74. The molecular formula is C15H18N4O. The molecule has 0 saturated carbocycles. The fourth-order valence-corrected chi connectivity index (χ4v) is 2.48. The van der Waals surface area contributed by atoms with Gasteiger partial charge < -0.3 is 14.8 Å². The molecule has 5 heteroatoms. The predicted molar refractivity (Wildman–Crippen MR) is 76.0 cm³/mol. The third kappa shape index (κ3) is 2.52. The molecule has 0 saturated heterocycles. The largest absolute Gasteiger partial charge is 0.336 e. The Bertz CT molecular complexity index is 606. The average Bonchev–Trinajstić information content (AvgIpc) is 2.87. The SMILES string of the molecule is Cn1cnc2c1CN(C(=O)NCc1ccccc1)CC2. The lowest BCUT2D eigenvalue weighted by atomic mass is 10.1. The molecule has 0 bridgehead atoms. The van der Waals surface area contributed by atoms with E-state index in [1.807, 2.05) is 53.2 Å². The minimum Gasteiger partial charge on any atom is -0.336 e. The summed E-state index contributed by atoms with van der Waals surface area (Å²) in [7, 11) is 1.97. The Morgan fingerprint density at radius 2 is 2.15 bits per heavy atom. The molecule has 2 aromatic rings. The predicted octanol–water partition coefficient (Wildman–Crippen LogP) is 1.69. The number of carbonyl (C=O) groups excluding carboxylic acids is 1. The van der Waals surface area contributed by atoms with Gasteiger partial charge in [-0.05, 0) is 5.56 Å². The minimum atomic E-state index is -0.0132. The summed E-state index contributed by atoms with van der Waals surface area (Å²) in [5.74, 6) is 0. The molecule has 3 rings (SSSR count).